The van der Waals surface area contributed by atoms with Gasteiger partial charge in [0, 0.05) is 37.4 Å². The Bertz CT molecular complexity index is 620. The summed E-state index contributed by atoms with van der Waals surface area (Å²) < 4.78 is 0. The van der Waals surface area contributed by atoms with Gasteiger partial charge in [0.1, 0.15) is 11.6 Å². The van der Waals surface area contributed by atoms with Crippen molar-refractivity contribution in [3.05, 3.63) is 17.1 Å². The van der Waals surface area contributed by atoms with E-state index in [9.17, 15) is 0 Å². The quantitative estimate of drug-likeness (QED) is 0.650. The van der Waals surface area contributed by atoms with Crippen molar-refractivity contribution in [2.75, 3.05) is 38.1 Å². The van der Waals surface area contributed by atoms with Gasteiger partial charge < -0.3 is 15.5 Å². The predicted octanol–water partition coefficient (Wildman–Crippen LogP) is 4.49. The first-order chi connectivity index (χ1) is 14.1. The number of likely N-dealkylation sites (N-methyl/N-ethyl adjacent to an activating group) is 1. The molecule has 5 heteroatoms. The Morgan fingerprint density at radius 1 is 0.897 bits per heavy atom. The molecule has 164 valence electrons. The zero-order valence-electron chi connectivity index (χ0n) is 19.1. The molecule has 3 rings (SSSR count). The maximum Gasteiger partial charge on any atom is 0.149 e. The number of nitrogens with zero attached hydrogens (tertiary/aromatic N) is 4. The number of hydrogen-bond donors (Lipinski definition) is 1. The minimum absolute atomic E-state index is 0.117. The van der Waals surface area contributed by atoms with E-state index in [1.165, 1.54) is 74.9 Å². The highest BCUT2D eigenvalue weighted by atomic mass is 15.2. The Kier molecular flexibility index (Phi) is 8.73. The standard InChI is InChI=1S/C24H43N5/c1-4-19(5-2)17-28(3)18-21(25)23-26-22-14-10-8-9-13-20(22)24(27-23)29-15-11-6-7-12-16-29/h19,21H,4-18,25H2,1-3H3. The summed E-state index contributed by atoms with van der Waals surface area (Å²) in [6, 6.07) is -0.117. The Labute approximate surface area is 178 Å². The van der Waals surface area contributed by atoms with Crippen LogP contribution in [0.4, 0.5) is 5.82 Å². The lowest BCUT2D eigenvalue weighted by Gasteiger charge is -2.28. The van der Waals surface area contributed by atoms with Crippen molar-refractivity contribution in [2.45, 2.75) is 90.5 Å². The average molecular weight is 402 g/mol. The van der Waals surface area contributed by atoms with E-state index in [-0.39, 0.29) is 6.04 Å². The molecule has 2 N–H and O–H groups in total. The van der Waals surface area contributed by atoms with E-state index in [2.05, 4.69) is 30.7 Å². The fraction of sp³-hybridized carbons (Fsp3) is 0.833. The molecule has 1 aromatic rings. The van der Waals surface area contributed by atoms with E-state index in [1.807, 2.05) is 0 Å². The summed E-state index contributed by atoms with van der Waals surface area (Å²) in [5.41, 5.74) is 9.38. The van der Waals surface area contributed by atoms with Crippen molar-refractivity contribution in [2.24, 2.45) is 11.7 Å². The van der Waals surface area contributed by atoms with Crippen molar-refractivity contribution < 1.29 is 0 Å². The zero-order chi connectivity index (χ0) is 20.6. The summed E-state index contributed by atoms with van der Waals surface area (Å²) in [6.07, 6.45) is 13.7. The molecule has 0 radical (unpaired) electrons. The normalized spacial score (nSPS) is 19.2. The van der Waals surface area contributed by atoms with Gasteiger partial charge in [-0.2, -0.15) is 0 Å². The van der Waals surface area contributed by atoms with Crippen molar-refractivity contribution >= 4 is 5.82 Å². The van der Waals surface area contributed by atoms with Gasteiger partial charge in [-0.05, 0) is 51.5 Å². The molecular formula is C24H43N5. The fourth-order valence-electron chi connectivity index (χ4n) is 4.96. The summed E-state index contributed by atoms with van der Waals surface area (Å²) in [6.45, 7) is 8.76. The van der Waals surface area contributed by atoms with Gasteiger partial charge in [-0.25, -0.2) is 9.97 Å². The maximum atomic E-state index is 6.67. The molecule has 1 atom stereocenters. The lowest BCUT2D eigenvalue weighted by molar-refractivity contribution is 0.251. The Morgan fingerprint density at radius 2 is 1.55 bits per heavy atom. The van der Waals surface area contributed by atoms with Crippen molar-refractivity contribution in [3.8, 4) is 0 Å². The summed E-state index contributed by atoms with van der Waals surface area (Å²) in [5, 5.41) is 0. The smallest absolute Gasteiger partial charge is 0.149 e. The lowest BCUT2D eigenvalue weighted by Crippen LogP contribution is -2.34. The second-order valence-electron chi connectivity index (χ2n) is 9.30. The third-order valence-corrected chi connectivity index (χ3v) is 6.90. The average Bonchev–Trinajstić information content (AvgIpc) is 3.14. The van der Waals surface area contributed by atoms with Gasteiger partial charge in [-0.3, -0.25) is 0 Å². The molecule has 0 aromatic carbocycles. The van der Waals surface area contributed by atoms with Crippen LogP contribution in [0.25, 0.3) is 0 Å². The largest absolute Gasteiger partial charge is 0.356 e. The third-order valence-electron chi connectivity index (χ3n) is 6.90. The number of fused-ring (bicyclic) bond motifs is 1. The van der Waals surface area contributed by atoms with E-state index in [4.69, 9.17) is 15.7 Å². The Morgan fingerprint density at radius 3 is 2.24 bits per heavy atom. The van der Waals surface area contributed by atoms with Crippen LogP contribution >= 0.6 is 0 Å². The molecule has 5 nitrogen and oxygen atoms in total. The van der Waals surface area contributed by atoms with Crippen molar-refractivity contribution in [1.82, 2.24) is 14.9 Å². The van der Waals surface area contributed by atoms with E-state index in [1.54, 1.807) is 0 Å². The first-order valence-corrected chi connectivity index (χ1v) is 12.2. The number of nitrogens with two attached hydrogens (primary N) is 1. The number of hydrogen-bond acceptors (Lipinski definition) is 5. The van der Waals surface area contributed by atoms with Crippen LogP contribution in [0.5, 0.6) is 0 Å². The van der Waals surface area contributed by atoms with Crippen LogP contribution in [0.2, 0.25) is 0 Å². The van der Waals surface area contributed by atoms with E-state index in [0.717, 1.165) is 50.8 Å². The summed E-state index contributed by atoms with van der Waals surface area (Å²) in [7, 11) is 2.19. The van der Waals surface area contributed by atoms with Crippen LogP contribution in [-0.4, -0.2) is 48.1 Å². The molecular weight excluding hydrogens is 358 g/mol. The van der Waals surface area contributed by atoms with Crippen LogP contribution in [-0.2, 0) is 12.8 Å². The van der Waals surface area contributed by atoms with Gasteiger partial charge in [-0.1, -0.05) is 46.0 Å². The SMILES string of the molecule is CCC(CC)CN(C)CC(N)c1nc2c(c(N3CCCCCC3)n1)CCCCC2. The molecule has 1 unspecified atom stereocenters. The van der Waals surface area contributed by atoms with Crippen LogP contribution in [0.1, 0.15) is 94.8 Å². The van der Waals surface area contributed by atoms with Gasteiger partial charge in [-0.15, -0.1) is 0 Å². The summed E-state index contributed by atoms with van der Waals surface area (Å²) >= 11 is 0. The molecule has 1 fully saturated rings. The van der Waals surface area contributed by atoms with Crippen LogP contribution < -0.4 is 10.6 Å². The van der Waals surface area contributed by atoms with Gasteiger partial charge in [0.15, 0.2) is 0 Å². The maximum absolute atomic E-state index is 6.67. The second-order valence-corrected chi connectivity index (χ2v) is 9.30. The molecule has 29 heavy (non-hydrogen) atoms. The highest BCUT2D eigenvalue weighted by Crippen LogP contribution is 2.30. The Hall–Kier alpha value is -1.20. The molecule has 0 saturated carbocycles. The second kappa shape index (κ2) is 11.3. The lowest BCUT2D eigenvalue weighted by atomic mass is 10.0. The monoisotopic (exact) mass is 401 g/mol. The van der Waals surface area contributed by atoms with E-state index >= 15 is 0 Å². The van der Waals surface area contributed by atoms with Gasteiger partial charge in [0.25, 0.3) is 0 Å². The predicted molar refractivity (Wildman–Crippen MR) is 122 cm³/mol. The molecule has 2 heterocycles. The number of aryl methyl sites for hydroxylation is 1. The Balaban J connectivity index is 1.82. The number of anilines is 1. The summed E-state index contributed by atoms with van der Waals surface area (Å²) in [4.78, 5) is 15.1. The highest BCUT2D eigenvalue weighted by Gasteiger charge is 2.24. The zero-order valence-corrected chi connectivity index (χ0v) is 19.1. The molecule has 1 saturated heterocycles. The minimum atomic E-state index is -0.117. The van der Waals surface area contributed by atoms with Crippen molar-refractivity contribution in [3.63, 3.8) is 0 Å². The van der Waals surface area contributed by atoms with Crippen molar-refractivity contribution in [1.29, 1.82) is 0 Å². The first kappa shape index (κ1) is 22.5. The molecule has 0 amide bonds. The molecule has 1 aromatic heterocycles. The fourth-order valence-corrected chi connectivity index (χ4v) is 4.96. The van der Waals surface area contributed by atoms with Crippen LogP contribution in [0.15, 0.2) is 0 Å². The van der Waals surface area contributed by atoms with E-state index in [0.29, 0.717) is 0 Å². The molecule has 1 aliphatic carbocycles. The first-order valence-electron chi connectivity index (χ1n) is 12.2. The summed E-state index contributed by atoms with van der Waals surface area (Å²) in [5.74, 6) is 2.82. The van der Waals surface area contributed by atoms with Crippen LogP contribution in [0.3, 0.4) is 0 Å². The van der Waals surface area contributed by atoms with Gasteiger partial charge in [0.2, 0.25) is 0 Å². The topological polar surface area (TPSA) is 58.3 Å². The number of rotatable bonds is 8. The number of aromatic nitrogens is 2. The van der Waals surface area contributed by atoms with Gasteiger partial charge in [0.05, 0.1) is 6.04 Å². The molecule has 0 spiro atoms. The van der Waals surface area contributed by atoms with E-state index < -0.39 is 0 Å². The highest BCUT2D eigenvalue weighted by molar-refractivity contribution is 5.50. The van der Waals surface area contributed by atoms with Gasteiger partial charge >= 0.3 is 0 Å². The van der Waals surface area contributed by atoms with Crippen LogP contribution in [0, 0.1) is 5.92 Å². The third kappa shape index (κ3) is 6.14. The molecule has 0 bridgehead atoms. The minimum Gasteiger partial charge on any atom is -0.356 e. The molecule has 2 aliphatic rings. The molecule has 1 aliphatic heterocycles.